The van der Waals surface area contributed by atoms with E-state index in [1.54, 1.807) is 12.4 Å². The van der Waals surface area contributed by atoms with Crippen molar-refractivity contribution < 1.29 is 14.3 Å². The van der Waals surface area contributed by atoms with E-state index in [4.69, 9.17) is 20.3 Å². The molecule has 9 nitrogen and oxygen atoms in total. The summed E-state index contributed by atoms with van der Waals surface area (Å²) in [6.07, 6.45) is 4.79. The molecule has 2 N–H and O–H groups in total. The number of amides is 1. The molecule has 1 unspecified atom stereocenters. The lowest BCUT2D eigenvalue weighted by Crippen LogP contribution is -2.37. The minimum absolute atomic E-state index is 0.101. The average Bonchev–Trinajstić information content (AvgIpc) is 3.52. The Hall–Kier alpha value is -3.62. The number of fused-ring (bicyclic) bond motifs is 2. The van der Waals surface area contributed by atoms with Crippen molar-refractivity contribution in [2.24, 2.45) is 0 Å². The van der Waals surface area contributed by atoms with Crippen molar-refractivity contribution >= 4 is 11.9 Å². The summed E-state index contributed by atoms with van der Waals surface area (Å²) in [4.78, 5) is 23.2. The Morgan fingerprint density at radius 3 is 2.71 bits per heavy atom. The minimum Gasteiger partial charge on any atom is -0.481 e. The van der Waals surface area contributed by atoms with Crippen molar-refractivity contribution in [1.29, 1.82) is 0 Å². The third-order valence-corrected chi connectivity index (χ3v) is 6.72. The molecule has 2 aliphatic heterocycles. The molecule has 3 aromatic rings. The molecule has 184 valence electrons. The first-order chi connectivity index (χ1) is 16.6. The average molecular weight is 477 g/mol. The van der Waals surface area contributed by atoms with Gasteiger partial charge in [0.1, 0.15) is 11.7 Å². The number of hydrogen-bond acceptors (Lipinski definition) is 7. The van der Waals surface area contributed by atoms with E-state index in [0.717, 1.165) is 42.0 Å². The highest BCUT2D eigenvalue weighted by atomic mass is 16.6. The van der Waals surface area contributed by atoms with Gasteiger partial charge in [-0.3, -0.25) is 9.67 Å². The Labute approximate surface area is 205 Å². The van der Waals surface area contributed by atoms with Crippen LogP contribution in [0.25, 0.3) is 11.3 Å². The van der Waals surface area contributed by atoms with Gasteiger partial charge in [0, 0.05) is 48.7 Å². The summed E-state index contributed by atoms with van der Waals surface area (Å²) in [6, 6.07) is 9.71. The second-order valence-corrected chi connectivity index (χ2v) is 10.4. The van der Waals surface area contributed by atoms with E-state index in [2.05, 4.69) is 20.7 Å². The molecule has 2 aliphatic rings. The van der Waals surface area contributed by atoms with Crippen LogP contribution in [0.3, 0.4) is 0 Å². The van der Waals surface area contributed by atoms with Gasteiger partial charge in [-0.15, -0.1) is 0 Å². The first kappa shape index (κ1) is 23.1. The fraction of sp³-hybridized carbons (Fsp3) is 0.462. The van der Waals surface area contributed by atoms with E-state index >= 15 is 0 Å². The van der Waals surface area contributed by atoms with Crippen LogP contribution in [-0.2, 0) is 16.7 Å². The van der Waals surface area contributed by atoms with E-state index in [1.165, 1.54) is 0 Å². The molecule has 0 aromatic carbocycles. The monoisotopic (exact) mass is 476 g/mol. The number of carbonyl (C=O) groups is 1. The van der Waals surface area contributed by atoms with Crippen LogP contribution in [0.4, 0.5) is 10.6 Å². The van der Waals surface area contributed by atoms with Crippen molar-refractivity contribution in [3.05, 3.63) is 54.1 Å². The number of aryl methyl sites for hydroxylation is 1. The second kappa shape index (κ2) is 8.55. The predicted octanol–water partition coefficient (Wildman–Crippen LogP) is 4.34. The summed E-state index contributed by atoms with van der Waals surface area (Å²) in [5.74, 6) is 0.823. The molecule has 0 radical (unpaired) electrons. The number of carbonyl (C=O) groups excluding carboxylic acids is 1. The Balaban J connectivity index is 1.36. The first-order valence-corrected chi connectivity index (χ1v) is 12.0. The number of likely N-dealkylation sites (tertiary alicyclic amines) is 1. The van der Waals surface area contributed by atoms with Gasteiger partial charge in [-0.25, -0.2) is 9.78 Å². The maximum atomic E-state index is 12.6. The molecule has 5 rings (SSSR count). The van der Waals surface area contributed by atoms with Crippen LogP contribution in [0.5, 0.6) is 5.75 Å². The molecule has 2 atom stereocenters. The highest BCUT2D eigenvalue weighted by Gasteiger charge is 2.47. The zero-order valence-corrected chi connectivity index (χ0v) is 20.7. The van der Waals surface area contributed by atoms with Crippen molar-refractivity contribution in [1.82, 2.24) is 24.6 Å². The van der Waals surface area contributed by atoms with E-state index in [-0.39, 0.29) is 17.6 Å². The quantitative estimate of drug-likeness (QED) is 0.596. The highest BCUT2D eigenvalue weighted by Crippen LogP contribution is 2.44. The van der Waals surface area contributed by atoms with Crippen LogP contribution in [0.2, 0.25) is 0 Å². The summed E-state index contributed by atoms with van der Waals surface area (Å²) >= 11 is 0. The summed E-state index contributed by atoms with van der Waals surface area (Å²) in [6.45, 7) is 9.75. The van der Waals surface area contributed by atoms with E-state index < -0.39 is 5.60 Å². The van der Waals surface area contributed by atoms with Gasteiger partial charge in [0.05, 0.1) is 11.4 Å². The lowest BCUT2D eigenvalue weighted by atomic mass is 9.82. The third kappa shape index (κ3) is 4.54. The fourth-order valence-corrected chi connectivity index (χ4v) is 4.93. The number of nitrogen functional groups attached to an aromatic ring is 1. The fourth-order valence-electron chi connectivity index (χ4n) is 4.93. The molecular weight excluding hydrogens is 444 g/mol. The molecule has 35 heavy (non-hydrogen) atoms. The van der Waals surface area contributed by atoms with Crippen LogP contribution in [0, 0.1) is 0 Å². The number of anilines is 1. The van der Waals surface area contributed by atoms with Crippen LogP contribution in [-0.4, -0.2) is 49.4 Å². The van der Waals surface area contributed by atoms with Crippen LogP contribution in [0.1, 0.15) is 58.0 Å². The molecular formula is C26H32N6O3. The van der Waals surface area contributed by atoms with Crippen molar-refractivity contribution in [2.75, 3.05) is 18.8 Å². The van der Waals surface area contributed by atoms with Gasteiger partial charge in [0.2, 0.25) is 0 Å². The molecule has 5 heterocycles. The molecule has 1 saturated heterocycles. The Morgan fingerprint density at radius 1 is 1.17 bits per heavy atom. The normalized spacial score (nSPS) is 20.2. The second-order valence-electron chi connectivity index (χ2n) is 10.4. The number of hydrogen-bond donors (Lipinski definition) is 1. The van der Waals surface area contributed by atoms with E-state index in [1.807, 2.05) is 56.9 Å². The lowest BCUT2D eigenvalue weighted by Gasteiger charge is -2.26. The van der Waals surface area contributed by atoms with Gasteiger partial charge in [0.15, 0.2) is 11.6 Å². The van der Waals surface area contributed by atoms with E-state index in [9.17, 15) is 4.79 Å². The maximum absolute atomic E-state index is 12.6. The number of rotatable bonds is 4. The van der Waals surface area contributed by atoms with Crippen LogP contribution < -0.4 is 10.5 Å². The maximum Gasteiger partial charge on any atom is 0.410 e. The number of pyridine rings is 2. The summed E-state index contributed by atoms with van der Waals surface area (Å²) in [7, 11) is 0. The lowest BCUT2D eigenvalue weighted by molar-refractivity contribution is 0.0284. The van der Waals surface area contributed by atoms with Gasteiger partial charge in [0.25, 0.3) is 0 Å². The van der Waals surface area contributed by atoms with Crippen molar-refractivity contribution in [3.8, 4) is 17.0 Å². The predicted molar refractivity (Wildman–Crippen MR) is 132 cm³/mol. The highest BCUT2D eigenvalue weighted by molar-refractivity contribution is 5.69. The number of ether oxygens (including phenoxy) is 2. The van der Waals surface area contributed by atoms with Crippen LogP contribution in [0.15, 0.2) is 42.7 Å². The molecule has 1 amide bonds. The SMILES string of the molecule is C[C@@H](Oc1cc(-c2cc3n(n2)CCC32CCN(C(=O)OC(C)(C)C)C2)cnc1N)c1ccccn1. The zero-order valence-electron chi connectivity index (χ0n) is 20.7. The third-order valence-electron chi connectivity index (χ3n) is 6.72. The summed E-state index contributed by atoms with van der Waals surface area (Å²) in [5, 5.41) is 4.85. The molecule has 3 aromatic heterocycles. The molecule has 1 fully saturated rings. The molecule has 0 saturated carbocycles. The van der Waals surface area contributed by atoms with Crippen molar-refractivity contribution in [2.45, 2.75) is 64.2 Å². The number of aromatic nitrogens is 4. The van der Waals surface area contributed by atoms with Crippen molar-refractivity contribution in [3.63, 3.8) is 0 Å². The summed E-state index contributed by atoms with van der Waals surface area (Å²) in [5.41, 5.74) is 9.13. The smallest absolute Gasteiger partial charge is 0.410 e. The minimum atomic E-state index is -0.506. The van der Waals surface area contributed by atoms with Gasteiger partial charge in [-0.1, -0.05) is 6.07 Å². The molecule has 1 spiro atoms. The van der Waals surface area contributed by atoms with Gasteiger partial charge >= 0.3 is 6.09 Å². The zero-order chi connectivity index (χ0) is 24.8. The Bertz CT molecular complexity index is 1240. The molecule has 9 heteroatoms. The molecule has 0 bridgehead atoms. The van der Waals surface area contributed by atoms with Crippen LogP contribution >= 0.6 is 0 Å². The van der Waals surface area contributed by atoms with Gasteiger partial charge in [-0.05, 0) is 64.8 Å². The molecule has 0 aliphatic carbocycles. The largest absolute Gasteiger partial charge is 0.481 e. The standard InChI is InChI=1S/C26H32N6O3/c1-17(19-7-5-6-10-28-19)34-21-13-18(15-29-23(21)27)20-14-22-26(9-12-32(22)30-20)8-11-31(16-26)24(33)35-25(2,3)4/h5-7,10,13-15,17H,8-9,11-12,16H2,1-4H3,(H2,27,29)/t17-,26?/m1/s1. The van der Waals surface area contributed by atoms with Gasteiger partial charge < -0.3 is 20.1 Å². The van der Waals surface area contributed by atoms with E-state index in [0.29, 0.717) is 24.7 Å². The Morgan fingerprint density at radius 2 is 1.97 bits per heavy atom. The number of nitrogens with zero attached hydrogens (tertiary/aromatic N) is 5. The Kier molecular flexibility index (Phi) is 5.65. The summed E-state index contributed by atoms with van der Waals surface area (Å²) < 4.78 is 13.8. The number of nitrogens with two attached hydrogens (primary N) is 1. The first-order valence-electron chi connectivity index (χ1n) is 12.0. The topological polar surface area (TPSA) is 108 Å². The van der Waals surface area contributed by atoms with Gasteiger partial charge in [-0.2, -0.15) is 5.10 Å².